The lowest BCUT2D eigenvalue weighted by atomic mass is 9.77. The Kier molecular flexibility index (Phi) is 3.01. The number of hydrogen-bond donors (Lipinski definition) is 2. The van der Waals surface area contributed by atoms with Crippen LogP contribution in [0.25, 0.3) is 11.1 Å². The van der Waals surface area contributed by atoms with E-state index in [1.54, 1.807) is 14.2 Å². The van der Waals surface area contributed by atoms with Gasteiger partial charge in [-0.05, 0) is 59.8 Å². The number of phenolic OH excluding ortho intramolecular Hbond substituents is 1. The summed E-state index contributed by atoms with van der Waals surface area (Å²) in [7, 11) is 3.26. The van der Waals surface area contributed by atoms with Gasteiger partial charge in [0, 0.05) is 11.6 Å². The fourth-order valence-corrected chi connectivity index (χ4v) is 3.75. The number of ether oxygens (including phenoxy) is 2. The van der Waals surface area contributed by atoms with Crippen LogP contribution in [0.4, 0.5) is 0 Å². The fourth-order valence-electron chi connectivity index (χ4n) is 3.75. The molecule has 1 aliphatic heterocycles. The molecule has 22 heavy (non-hydrogen) atoms. The molecular formula is C18H19NO3. The lowest BCUT2D eigenvalue weighted by molar-refractivity contribution is 0.373. The van der Waals surface area contributed by atoms with E-state index >= 15 is 0 Å². The van der Waals surface area contributed by atoms with Gasteiger partial charge in [0.1, 0.15) is 5.75 Å². The first kappa shape index (κ1) is 13.5. The maximum atomic E-state index is 10.6. The van der Waals surface area contributed by atoms with E-state index in [-0.39, 0.29) is 5.75 Å². The van der Waals surface area contributed by atoms with Gasteiger partial charge in [0.25, 0.3) is 0 Å². The van der Waals surface area contributed by atoms with E-state index in [2.05, 4.69) is 11.4 Å². The smallest absolute Gasteiger partial charge is 0.165 e. The SMILES string of the molecule is COc1cc2c3c(c1)-c1c(ccc(OC)c1O)C[C@H]3NCC2. The monoisotopic (exact) mass is 297 g/mol. The molecule has 0 saturated carbocycles. The van der Waals surface area contributed by atoms with Crippen LogP contribution in [-0.2, 0) is 12.8 Å². The van der Waals surface area contributed by atoms with Crippen LogP contribution in [0.5, 0.6) is 17.2 Å². The third-order valence-corrected chi connectivity index (χ3v) is 4.75. The van der Waals surface area contributed by atoms with Gasteiger partial charge in [-0.15, -0.1) is 0 Å². The zero-order valence-electron chi connectivity index (χ0n) is 12.8. The van der Waals surface area contributed by atoms with Crippen LogP contribution >= 0.6 is 0 Å². The fraction of sp³-hybridized carbons (Fsp3) is 0.333. The third-order valence-electron chi connectivity index (χ3n) is 4.75. The molecule has 4 nitrogen and oxygen atoms in total. The van der Waals surface area contributed by atoms with E-state index in [1.165, 1.54) is 11.1 Å². The number of nitrogens with one attached hydrogen (secondary N) is 1. The molecule has 2 N–H and O–H groups in total. The Hall–Kier alpha value is -2.20. The maximum Gasteiger partial charge on any atom is 0.165 e. The van der Waals surface area contributed by atoms with Crippen molar-refractivity contribution in [3.63, 3.8) is 0 Å². The number of fused-ring (bicyclic) bond motifs is 2. The zero-order chi connectivity index (χ0) is 15.3. The minimum Gasteiger partial charge on any atom is -0.504 e. The molecule has 1 aliphatic carbocycles. The predicted octanol–water partition coefficient (Wildman–Crippen LogP) is 2.82. The lowest BCUT2D eigenvalue weighted by Crippen LogP contribution is -2.33. The minimum atomic E-state index is 0.222. The highest BCUT2D eigenvalue weighted by molar-refractivity contribution is 5.83. The summed E-state index contributed by atoms with van der Waals surface area (Å²) in [5.41, 5.74) is 5.69. The van der Waals surface area contributed by atoms with Crippen LogP contribution in [0, 0.1) is 0 Å². The van der Waals surface area contributed by atoms with Crippen LogP contribution < -0.4 is 14.8 Å². The van der Waals surface area contributed by atoms with Crippen LogP contribution in [-0.4, -0.2) is 25.9 Å². The number of benzene rings is 2. The Labute approximate surface area is 129 Å². The van der Waals surface area contributed by atoms with Gasteiger partial charge in [0.05, 0.1) is 14.2 Å². The molecule has 1 atom stereocenters. The molecule has 0 radical (unpaired) electrons. The number of phenols is 1. The van der Waals surface area contributed by atoms with Gasteiger partial charge in [-0.2, -0.15) is 0 Å². The summed E-state index contributed by atoms with van der Waals surface area (Å²) in [6.07, 6.45) is 1.87. The van der Waals surface area contributed by atoms with E-state index in [9.17, 15) is 5.11 Å². The van der Waals surface area contributed by atoms with Gasteiger partial charge in [0.2, 0.25) is 0 Å². The molecule has 2 aromatic carbocycles. The Morgan fingerprint density at radius 3 is 2.77 bits per heavy atom. The van der Waals surface area contributed by atoms with Crippen molar-refractivity contribution >= 4 is 0 Å². The first-order valence-electron chi connectivity index (χ1n) is 7.56. The predicted molar refractivity (Wildman–Crippen MR) is 84.8 cm³/mol. The molecular weight excluding hydrogens is 278 g/mol. The van der Waals surface area contributed by atoms with E-state index in [4.69, 9.17) is 9.47 Å². The highest BCUT2D eigenvalue weighted by Gasteiger charge is 2.32. The Balaban J connectivity index is 2.03. The van der Waals surface area contributed by atoms with Crippen molar-refractivity contribution in [2.24, 2.45) is 0 Å². The molecule has 4 rings (SSSR count). The van der Waals surface area contributed by atoms with Gasteiger partial charge >= 0.3 is 0 Å². The summed E-state index contributed by atoms with van der Waals surface area (Å²) in [5.74, 6) is 1.57. The maximum absolute atomic E-state index is 10.6. The van der Waals surface area contributed by atoms with E-state index in [1.807, 2.05) is 18.2 Å². The van der Waals surface area contributed by atoms with Crippen LogP contribution in [0.2, 0.25) is 0 Å². The topological polar surface area (TPSA) is 50.7 Å². The van der Waals surface area contributed by atoms with Crippen molar-refractivity contribution in [2.45, 2.75) is 18.9 Å². The van der Waals surface area contributed by atoms with Gasteiger partial charge in [-0.1, -0.05) is 6.07 Å². The average Bonchev–Trinajstić information content (AvgIpc) is 2.55. The molecule has 0 fully saturated rings. The summed E-state index contributed by atoms with van der Waals surface area (Å²) in [4.78, 5) is 0. The van der Waals surface area contributed by atoms with Crippen LogP contribution in [0.3, 0.4) is 0 Å². The van der Waals surface area contributed by atoms with E-state index < -0.39 is 0 Å². The van der Waals surface area contributed by atoms with E-state index in [0.29, 0.717) is 11.8 Å². The second-order valence-corrected chi connectivity index (χ2v) is 5.86. The first-order chi connectivity index (χ1) is 10.7. The summed E-state index contributed by atoms with van der Waals surface area (Å²) < 4.78 is 10.7. The van der Waals surface area contributed by atoms with Crippen molar-refractivity contribution in [3.8, 4) is 28.4 Å². The zero-order valence-corrected chi connectivity index (χ0v) is 12.8. The molecule has 2 aromatic rings. The normalized spacial score (nSPS) is 18.4. The van der Waals surface area contributed by atoms with E-state index in [0.717, 1.165) is 41.8 Å². The van der Waals surface area contributed by atoms with Gasteiger partial charge < -0.3 is 19.9 Å². The van der Waals surface area contributed by atoms with Crippen molar-refractivity contribution in [3.05, 3.63) is 41.0 Å². The Morgan fingerprint density at radius 2 is 2.00 bits per heavy atom. The molecule has 2 aliphatic rings. The second kappa shape index (κ2) is 4.92. The molecule has 4 heteroatoms. The number of aromatic hydroxyl groups is 1. The minimum absolute atomic E-state index is 0.222. The van der Waals surface area contributed by atoms with Crippen molar-refractivity contribution in [1.82, 2.24) is 5.32 Å². The summed E-state index contributed by atoms with van der Waals surface area (Å²) in [5, 5.41) is 14.2. The molecule has 0 amide bonds. The van der Waals surface area contributed by atoms with Crippen LogP contribution in [0.1, 0.15) is 22.7 Å². The summed E-state index contributed by atoms with van der Waals surface area (Å²) >= 11 is 0. The molecule has 0 spiro atoms. The van der Waals surface area contributed by atoms with Crippen LogP contribution in [0.15, 0.2) is 24.3 Å². The average molecular weight is 297 g/mol. The van der Waals surface area contributed by atoms with Gasteiger partial charge in [-0.3, -0.25) is 0 Å². The number of rotatable bonds is 2. The molecule has 0 bridgehead atoms. The number of methoxy groups -OCH3 is 2. The van der Waals surface area contributed by atoms with Gasteiger partial charge in [-0.25, -0.2) is 0 Å². The van der Waals surface area contributed by atoms with Gasteiger partial charge in [0.15, 0.2) is 11.5 Å². The van der Waals surface area contributed by atoms with Crippen molar-refractivity contribution in [2.75, 3.05) is 20.8 Å². The van der Waals surface area contributed by atoms with Crippen molar-refractivity contribution < 1.29 is 14.6 Å². The molecule has 0 unspecified atom stereocenters. The standard InChI is InChI=1S/C18H19NO3/c1-21-12-7-11-5-6-19-14-8-10-3-4-15(22-2)18(20)17(10)13(9-12)16(11)14/h3-4,7,9,14,19-20H,5-6,8H2,1-2H3/t14-/m1/s1. The molecule has 0 saturated heterocycles. The second-order valence-electron chi connectivity index (χ2n) is 5.86. The lowest BCUT2D eigenvalue weighted by Gasteiger charge is -2.35. The Morgan fingerprint density at radius 1 is 1.14 bits per heavy atom. The first-order valence-corrected chi connectivity index (χ1v) is 7.56. The molecule has 1 heterocycles. The van der Waals surface area contributed by atoms with Crippen molar-refractivity contribution in [1.29, 1.82) is 0 Å². The highest BCUT2D eigenvalue weighted by Crippen LogP contribution is 2.49. The third kappa shape index (κ3) is 1.80. The quantitative estimate of drug-likeness (QED) is 0.895. The largest absolute Gasteiger partial charge is 0.504 e. The summed E-state index contributed by atoms with van der Waals surface area (Å²) in [6.45, 7) is 0.974. The molecule has 114 valence electrons. The Bertz CT molecular complexity index is 754. The highest BCUT2D eigenvalue weighted by atomic mass is 16.5. The number of hydrogen-bond acceptors (Lipinski definition) is 4. The summed E-state index contributed by atoms with van der Waals surface area (Å²) in [6, 6.07) is 8.34. The molecule has 0 aromatic heterocycles.